The zero-order valence-electron chi connectivity index (χ0n) is 14.5. The van der Waals surface area contributed by atoms with E-state index < -0.39 is 0 Å². The molecule has 1 aliphatic heterocycles. The van der Waals surface area contributed by atoms with Gasteiger partial charge in [-0.05, 0) is 35.9 Å². The highest BCUT2D eigenvalue weighted by molar-refractivity contribution is 5.78. The van der Waals surface area contributed by atoms with Crippen LogP contribution in [-0.2, 0) is 11.3 Å². The summed E-state index contributed by atoms with van der Waals surface area (Å²) in [4.78, 5) is 20.6. The Kier molecular flexibility index (Phi) is 5.85. The molecule has 1 fully saturated rings. The minimum Gasteiger partial charge on any atom is -0.497 e. The Bertz CT molecular complexity index is 668. The van der Waals surface area contributed by atoms with Gasteiger partial charge in [-0.3, -0.25) is 9.78 Å². The Morgan fingerprint density at radius 2 is 1.92 bits per heavy atom. The second kappa shape index (κ2) is 8.48. The predicted octanol–water partition coefficient (Wildman–Crippen LogP) is 1.53. The molecule has 2 aromatic rings. The minimum absolute atomic E-state index is 0.151. The van der Waals surface area contributed by atoms with E-state index in [4.69, 9.17) is 4.74 Å². The normalized spacial score (nSPS) is 14.4. The molecule has 1 amide bonds. The van der Waals surface area contributed by atoms with Crippen LogP contribution < -0.4 is 15.0 Å². The number of nitrogens with zero attached hydrogens (tertiary/aromatic N) is 3. The third-order valence-electron chi connectivity index (χ3n) is 4.40. The fourth-order valence-corrected chi connectivity index (χ4v) is 2.94. The zero-order chi connectivity index (χ0) is 17.5. The number of amides is 1. The monoisotopic (exact) mass is 340 g/mol. The maximum atomic E-state index is 12.3. The lowest BCUT2D eigenvalue weighted by molar-refractivity contribution is -0.130. The molecule has 3 rings (SSSR count). The van der Waals surface area contributed by atoms with Crippen molar-refractivity contribution in [2.24, 2.45) is 0 Å². The lowest BCUT2D eigenvalue weighted by atomic mass is 10.2. The van der Waals surface area contributed by atoms with E-state index >= 15 is 0 Å². The van der Waals surface area contributed by atoms with Crippen LogP contribution in [0.25, 0.3) is 0 Å². The van der Waals surface area contributed by atoms with E-state index in [-0.39, 0.29) is 5.91 Å². The molecule has 1 aromatic carbocycles. The Morgan fingerprint density at radius 1 is 1.16 bits per heavy atom. The summed E-state index contributed by atoms with van der Waals surface area (Å²) in [5, 5.41) is 3.20. The Morgan fingerprint density at radius 3 is 2.56 bits per heavy atom. The molecule has 0 unspecified atom stereocenters. The fraction of sp³-hybridized carbons (Fsp3) is 0.368. The van der Waals surface area contributed by atoms with Gasteiger partial charge in [0.25, 0.3) is 0 Å². The van der Waals surface area contributed by atoms with E-state index in [1.165, 1.54) is 5.69 Å². The first-order valence-electron chi connectivity index (χ1n) is 8.52. The first-order chi connectivity index (χ1) is 12.3. The summed E-state index contributed by atoms with van der Waals surface area (Å²) in [7, 11) is 1.67. The first-order valence-corrected chi connectivity index (χ1v) is 8.52. The number of hydrogen-bond acceptors (Lipinski definition) is 5. The van der Waals surface area contributed by atoms with Crippen molar-refractivity contribution in [1.29, 1.82) is 0 Å². The maximum Gasteiger partial charge on any atom is 0.236 e. The Hall–Kier alpha value is -2.60. The van der Waals surface area contributed by atoms with Crippen molar-refractivity contribution >= 4 is 11.6 Å². The largest absolute Gasteiger partial charge is 0.497 e. The highest BCUT2D eigenvalue weighted by Crippen LogP contribution is 2.20. The summed E-state index contributed by atoms with van der Waals surface area (Å²) in [6.45, 7) is 4.21. The quantitative estimate of drug-likeness (QED) is 0.864. The van der Waals surface area contributed by atoms with Gasteiger partial charge in [0, 0.05) is 50.8 Å². The molecule has 0 spiro atoms. The van der Waals surface area contributed by atoms with Crippen LogP contribution in [0.5, 0.6) is 5.75 Å². The van der Waals surface area contributed by atoms with Crippen molar-refractivity contribution in [2.45, 2.75) is 6.54 Å². The second-order valence-corrected chi connectivity index (χ2v) is 6.03. The van der Waals surface area contributed by atoms with E-state index in [1.807, 2.05) is 35.4 Å². The van der Waals surface area contributed by atoms with Crippen LogP contribution in [0, 0.1) is 0 Å². The van der Waals surface area contributed by atoms with Crippen molar-refractivity contribution < 1.29 is 9.53 Å². The van der Waals surface area contributed by atoms with Crippen molar-refractivity contribution in [3.8, 4) is 5.75 Å². The van der Waals surface area contributed by atoms with Crippen LogP contribution in [0.4, 0.5) is 5.69 Å². The molecule has 1 aromatic heterocycles. The highest BCUT2D eigenvalue weighted by Gasteiger charge is 2.20. The zero-order valence-corrected chi connectivity index (χ0v) is 14.5. The van der Waals surface area contributed by atoms with Gasteiger partial charge in [0.1, 0.15) is 5.75 Å². The van der Waals surface area contributed by atoms with Crippen molar-refractivity contribution in [3.63, 3.8) is 0 Å². The van der Waals surface area contributed by atoms with Gasteiger partial charge in [-0.2, -0.15) is 0 Å². The number of nitrogens with one attached hydrogen (secondary N) is 1. The molecule has 0 aliphatic carbocycles. The van der Waals surface area contributed by atoms with Crippen LogP contribution in [-0.4, -0.2) is 55.6 Å². The van der Waals surface area contributed by atoms with E-state index in [9.17, 15) is 4.79 Å². The van der Waals surface area contributed by atoms with E-state index in [0.29, 0.717) is 13.1 Å². The van der Waals surface area contributed by atoms with Gasteiger partial charge < -0.3 is 19.9 Å². The summed E-state index contributed by atoms with van der Waals surface area (Å²) < 4.78 is 5.19. The number of aromatic nitrogens is 1. The number of carbonyl (C=O) groups is 1. The highest BCUT2D eigenvalue weighted by atomic mass is 16.5. The average Bonchev–Trinajstić information content (AvgIpc) is 2.69. The molecule has 6 nitrogen and oxygen atoms in total. The molecule has 1 aliphatic rings. The standard InChI is InChI=1S/C19H24N4O2/c1-25-18-6-4-17(5-7-18)22-9-11-23(12-10-22)19(24)15-21-14-16-3-2-8-20-13-16/h2-8,13,21H,9-12,14-15H2,1H3. The number of benzene rings is 1. The molecule has 132 valence electrons. The van der Waals surface area contributed by atoms with Crippen LogP contribution >= 0.6 is 0 Å². The van der Waals surface area contributed by atoms with Crippen LogP contribution in [0.3, 0.4) is 0 Å². The van der Waals surface area contributed by atoms with Crippen LogP contribution in [0.2, 0.25) is 0 Å². The van der Waals surface area contributed by atoms with Gasteiger partial charge in [-0.25, -0.2) is 0 Å². The molecule has 0 radical (unpaired) electrons. The topological polar surface area (TPSA) is 57.7 Å². The van der Waals surface area contributed by atoms with Gasteiger partial charge in [-0.15, -0.1) is 0 Å². The third-order valence-corrected chi connectivity index (χ3v) is 4.40. The van der Waals surface area contributed by atoms with E-state index in [0.717, 1.165) is 37.5 Å². The van der Waals surface area contributed by atoms with Crippen molar-refractivity contribution in [1.82, 2.24) is 15.2 Å². The number of rotatable bonds is 6. The molecule has 25 heavy (non-hydrogen) atoms. The number of methoxy groups -OCH3 is 1. The molecular formula is C19H24N4O2. The maximum absolute atomic E-state index is 12.3. The van der Waals surface area contributed by atoms with Gasteiger partial charge in [0.05, 0.1) is 13.7 Å². The van der Waals surface area contributed by atoms with Gasteiger partial charge >= 0.3 is 0 Å². The third kappa shape index (κ3) is 4.70. The Balaban J connectivity index is 1.42. The number of piperazine rings is 1. The lowest BCUT2D eigenvalue weighted by Crippen LogP contribution is -2.50. The van der Waals surface area contributed by atoms with E-state index in [1.54, 1.807) is 13.3 Å². The number of anilines is 1. The number of hydrogen-bond donors (Lipinski definition) is 1. The van der Waals surface area contributed by atoms with Crippen LogP contribution in [0.15, 0.2) is 48.8 Å². The van der Waals surface area contributed by atoms with E-state index in [2.05, 4.69) is 27.3 Å². The summed E-state index contributed by atoms with van der Waals surface area (Å²) in [5.41, 5.74) is 2.25. The summed E-state index contributed by atoms with van der Waals surface area (Å²) in [6, 6.07) is 12.0. The molecule has 1 N–H and O–H groups in total. The SMILES string of the molecule is COc1ccc(N2CCN(C(=O)CNCc3cccnc3)CC2)cc1. The molecule has 1 saturated heterocycles. The second-order valence-electron chi connectivity index (χ2n) is 6.03. The number of carbonyl (C=O) groups excluding carboxylic acids is 1. The molecular weight excluding hydrogens is 316 g/mol. The first kappa shape index (κ1) is 17.2. The van der Waals surface area contributed by atoms with Crippen LogP contribution in [0.1, 0.15) is 5.56 Å². The number of ether oxygens (including phenoxy) is 1. The fourth-order valence-electron chi connectivity index (χ4n) is 2.94. The Labute approximate surface area is 148 Å². The van der Waals surface area contributed by atoms with Gasteiger partial charge in [-0.1, -0.05) is 6.07 Å². The average molecular weight is 340 g/mol. The smallest absolute Gasteiger partial charge is 0.236 e. The van der Waals surface area contributed by atoms with Crippen molar-refractivity contribution in [2.75, 3.05) is 44.7 Å². The summed E-state index contributed by atoms with van der Waals surface area (Å²) >= 11 is 0. The lowest BCUT2D eigenvalue weighted by Gasteiger charge is -2.36. The van der Waals surface area contributed by atoms with Gasteiger partial charge in [0.2, 0.25) is 5.91 Å². The molecule has 0 atom stereocenters. The van der Waals surface area contributed by atoms with Crippen molar-refractivity contribution in [3.05, 3.63) is 54.4 Å². The molecule has 0 bridgehead atoms. The minimum atomic E-state index is 0.151. The summed E-state index contributed by atoms with van der Waals surface area (Å²) in [5.74, 6) is 1.01. The molecule has 0 saturated carbocycles. The summed E-state index contributed by atoms with van der Waals surface area (Å²) in [6.07, 6.45) is 3.56. The van der Waals surface area contributed by atoms with Gasteiger partial charge in [0.15, 0.2) is 0 Å². The predicted molar refractivity (Wildman–Crippen MR) is 97.7 cm³/mol. The number of pyridine rings is 1. The molecule has 6 heteroatoms. The molecule has 2 heterocycles.